The van der Waals surface area contributed by atoms with E-state index >= 15 is 0 Å². The van der Waals surface area contributed by atoms with Crippen molar-refractivity contribution in [3.63, 3.8) is 0 Å². The molecule has 0 aliphatic heterocycles. The highest BCUT2D eigenvalue weighted by atomic mass is 79.9. The predicted molar refractivity (Wildman–Crippen MR) is 91.8 cm³/mol. The third kappa shape index (κ3) is 4.31. The molecule has 1 fully saturated rings. The second kappa shape index (κ2) is 8.09. The molecule has 1 aromatic rings. The van der Waals surface area contributed by atoms with Gasteiger partial charge < -0.3 is 15.8 Å². The number of ether oxygens (including phenoxy) is 1. The maximum Gasteiger partial charge on any atom is 0.239 e. The van der Waals surface area contributed by atoms with Crippen molar-refractivity contribution in [2.75, 3.05) is 20.3 Å². The van der Waals surface area contributed by atoms with Crippen LogP contribution < -0.4 is 11.1 Å². The fraction of sp³-hybridized carbons (Fsp3) is 0.588. The maximum atomic E-state index is 12.1. The predicted octanol–water partition coefficient (Wildman–Crippen LogP) is 2.74. The zero-order valence-electron chi connectivity index (χ0n) is 13.1. The molecule has 1 aromatic carbocycles. The highest BCUT2D eigenvalue weighted by Crippen LogP contribution is 2.39. The normalized spacial score (nSPS) is 18.7. The monoisotopic (exact) mass is 368 g/mol. The zero-order chi connectivity index (χ0) is 16.0. The van der Waals surface area contributed by atoms with E-state index in [1.807, 2.05) is 6.07 Å². The van der Waals surface area contributed by atoms with Crippen LogP contribution in [0.2, 0.25) is 0 Å². The standard InChI is InChI=1S/C17H25BrN2O2/c1-22-11-15(19)16(21)20-12-17(8-3-2-4-9-17)13-6-5-7-14(18)10-13/h5-7,10,15H,2-4,8-9,11-12,19H2,1H3,(H,20,21). The molecule has 1 aliphatic carbocycles. The summed E-state index contributed by atoms with van der Waals surface area (Å²) in [7, 11) is 1.55. The van der Waals surface area contributed by atoms with Crippen molar-refractivity contribution in [3.8, 4) is 0 Å². The Bertz CT molecular complexity index is 501. The number of nitrogens with two attached hydrogens (primary N) is 1. The van der Waals surface area contributed by atoms with Crippen LogP contribution in [-0.2, 0) is 14.9 Å². The number of halogens is 1. The minimum absolute atomic E-state index is 0.0183. The molecule has 1 aliphatic rings. The largest absolute Gasteiger partial charge is 0.383 e. The Balaban J connectivity index is 2.11. The molecule has 0 spiro atoms. The number of hydrogen-bond donors (Lipinski definition) is 2. The van der Waals surface area contributed by atoms with E-state index < -0.39 is 6.04 Å². The molecule has 0 heterocycles. The maximum absolute atomic E-state index is 12.1. The molecule has 4 nitrogen and oxygen atoms in total. The van der Waals surface area contributed by atoms with Crippen molar-refractivity contribution >= 4 is 21.8 Å². The number of nitrogens with one attached hydrogen (secondary N) is 1. The second-order valence-electron chi connectivity index (χ2n) is 6.13. The number of hydrogen-bond acceptors (Lipinski definition) is 3. The van der Waals surface area contributed by atoms with Crippen molar-refractivity contribution in [3.05, 3.63) is 34.3 Å². The SMILES string of the molecule is COCC(N)C(=O)NCC1(c2cccc(Br)c2)CCCCC1. The van der Waals surface area contributed by atoms with Gasteiger partial charge in [-0.05, 0) is 30.5 Å². The minimum Gasteiger partial charge on any atom is -0.383 e. The second-order valence-corrected chi connectivity index (χ2v) is 7.05. The number of methoxy groups -OCH3 is 1. The topological polar surface area (TPSA) is 64.3 Å². The molecule has 0 aromatic heterocycles. The highest BCUT2D eigenvalue weighted by Gasteiger charge is 2.34. The molecule has 0 radical (unpaired) electrons. The van der Waals surface area contributed by atoms with Gasteiger partial charge >= 0.3 is 0 Å². The first kappa shape index (κ1) is 17.4. The van der Waals surface area contributed by atoms with Crippen molar-refractivity contribution in [1.82, 2.24) is 5.32 Å². The van der Waals surface area contributed by atoms with Gasteiger partial charge in [-0.2, -0.15) is 0 Å². The van der Waals surface area contributed by atoms with Gasteiger partial charge in [-0.1, -0.05) is 47.3 Å². The summed E-state index contributed by atoms with van der Waals surface area (Å²) in [6, 6.07) is 7.83. The van der Waals surface area contributed by atoms with Gasteiger partial charge in [0.1, 0.15) is 6.04 Å². The molecule has 122 valence electrons. The molecule has 0 saturated heterocycles. The van der Waals surface area contributed by atoms with E-state index in [1.54, 1.807) is 7.11 Å². The molecule has 1 saturated carbocycles. The first-order valence-electron chi connectivity index (χ1n) is 7.86. The Labute approximate surface area is 140 Å². The first-order chi connectivity index (χ1) is 10.6. The van der Waals surface area contributed by atoms with Crippen LogP contribution in [0.5, 0.6) is 0 Å². The van der Waals surface area contributed by atoms with Crippen LogP contribution in [0.25, 0.3) is 0 Å². The smallest absolute Gasteiger partial charge is 0.239 e. The lowest BCUT2D eigenvalue weighted by Crippen LogP contribution is -2.49. The van der Waals surface area contributed by atoms with E-state index in [0.29, 0.717) is 6.54 Å². The molecule has 22 heavy (non-hydrogen) atoms. The van der Waals surface area contributed by atoms with Crippen LogP contribution in [-0.4, -0.2) is 32.2 Å². The van der Waals surface area contributed by atoms with Crippen LogP contribution >= 0.6 is 15.9 Å². The van der Waals surface area contributed by atoms with E-state index in [9.17, 15) is 4.79 Å². The molecular weight excluding hydrogens is 344 g/mol. The van der Waals surface area contributed by atoms with Gasteiger partial charge in [0.05, 0.1) is 6.61 Å². The Morgan fingerprint density at radius 2 is 2.14 bits per heavy atom. The number of amides is 1. The lowest BCUT2D eigenvalue weighted by molar-refractivity contribution is -0.123. The fourth-order valence-corrected chi connectivity index (χ4v) is 3.66. The Morgan fingerprint density at radius 1 is 1.41 bits per heavy atom. The van der Waals surface area contributed by atoms with Crippen molar-refractivity contribution in [2.45, 2.75) is 43.6 Å². The van der Waals surface area contributed by atoms with Crippen molar-refractivity contribution in [2.24, 2.45) is 5.73 Å². The Kier molecular flexibility index (Phi) is 6.41. The summed E-state index contributed by atoms with van der Waals surface area (Å²) < 4.78 is 6.03. The van der Waals surface area contributed by atoms with E-state index in [-0.39, 0.29) is 17.9 Å². The number of carbonyl (C=O) groups is 1. The van der Waals surface area contributed by atoms with Gasteiger partial charge in [0.15, 0.2) is 0 Å². The van der Waals surface area contributed by atoms with Gasteiger partial charge in [-0.25, -0.2) is 0 Å². The van der Waals surface area contributed by atoms with Crippen molar-refractivity contribution < 1.29 is 9.53 Å². The molecule has 0 bridgehead atoms. The van der Waals surface area contributed by atoms with E-state index in [0.717, 1.165) is 17.3 Å². The molecule has 1 unspecified atom stereocenters. The first-order valence-corrected chi connectivity index (χ1v) is 8.65. The summed E-state index contributed by atoms with van der Waals surface area (Å²) in [4.78, 5) is 12.1. The zero-order valence-corrected chi connectivity index (χ0v) is 14.7. The third-order valence-corrected chi connectivity index (χ3v) is 5.02. The summed E-state index contributed by atoms with van der Waals surface area (Å²) in [6.45, 7) is 0.884. The summed E-state index contributed by atoms with van der Waals surface area (Å²) in [5.74, 6) is -0.137. The lowest BCUT2D eigenvalue weighted by Gasteiger charge is -2.38. The van der Waals surface area contributed by atoms with Gasteiger partial charge in [-0.15, -0.1) is 0 Å². The molecule has 1 amide bonds. The summed E-state index contributed by atoms with van der Waals surface area (Å²) >= 11 is 3.55. The van der Waals surface area contributed by atoms with Crippen LogP contribution in [0, 0.1) is 0 Å². The number of benzene rings is 1. The Hall–Kier alpha value is -0.910. The average Bonchev–Trinajstić information content (AvgIpc) is 2.53. The average molecular weight is 369 g/mol. The third-order valence-electron chi connectivity index (χ3n) is 4.53. The quantitative estimate of drug-likeness (QED) is 0.811. The van der Waals surface area contributed by atoms with Crippen LogP contribution in [0.3, 0.4) is 0 Å². The summed E-state index contributed by atoms with van der Waals surface area (Å²) in [6.07, 6.45) is 5.87. The number of rotatable bonds is 6. The van der Waals surface area contributed by atoms with Gasteiger partial charge in [0, 0.05) is 23.5 Å². The van der Waals surface area contributed by atoms with Gasteiger partial charge in [0.25, 0.3) is 0 Å². The van der Waals surface area contributed by atoms with Crippen LogP contribution in [0.4, 0.5) is 0 Å². The van der Waals surface area contributed by atoms with E-state index in [4.69, 9.17) is 10.5 Å². The van der Waals surface area contributed by atoms with Crippen LogP contribution in [0.15, 0.2) is 28.7 Å². The highest BCUT2D eigenvalue weighted by molar-refractivity contribution is 9.10. The molecule has 2 rings (SSSR count). The van der Waals surface area contributed by atoms with E-state index in [1.165, 1.54) is 24.8 Å². The minimum atomic E-state index is -0.604. The summed E-state index contributed by atoms with van der Waals surface area (Å²) in [5, 5.41) is 3.04. The van der Waals surface area contributed by atoms with Crippen molar-refractivity contribution in [1.29, 1.82) is 0 Å². The van der Waals surface area contributed by atoms with Crippen LogP contribution in [0.1, 0.15) is 37.7 Å². The summed E-state index contributed by atoms with van der Waals surface area (Å²) in [5.41, 5.74) is 7.12. The molecule has 1 atom stereocenters. The molecule has 3 N–H and O–H groups in total. The van der Waals surface area contributed by atoms with Gasteiger partial charge in [-0.3, -0.25) is 4.79 Å². The Morgan fingerprint density at radius 3 is 2.77 bits per heavy atom. The molecule has 5 heteroatoms. The lowest BCUT2D eigenvalue weighted by atomic mass is 9.69. The van der Waals surface area contributed by atoms with E-state index in [2.05, 4.69) is 39.4 Å². The fourth-order valence-electron chi connectivity index (χ4n) is 3.26. The van der Waals surface area contributed by atoms with Gasteiger partial charge in [0.2, 0.25) is 5.91 Å². The molecular formula is C17H25BrN2O2. The number of carbonyl (C=O) groups excluding carboxylic acids is 1.